The van der Waals surface area contributed by atoms with E-state index in [-0.39, 0.29) is 4.87 Å². The van der Waals surface area contributed by atoms with Crippen molar-refractivity contribution in [1.82, 2.24) is 4.90 Å². The second-order valence-corrected chi connectivity index (χ2v) is 7.81. The molecule has 0 aromatic carbocycles. The molecule has 1 nitrogen and oxygen atoms in total. The molecule has 0 fully saturated rings. The Balaban J connectivity index is 3.94. The zero-order chi connectivity index (χ0) is 16.3. The van der Waals surface area contributed by atoms with Crippen LogP contribution < -0.4 is 0 Å². The van der Waals surface area contributed by atoms with Gasteiger partial charge in [-0.05, 0) is 52.6 Å². The third-order valence-electron chi connectivity index (χ3n) is 3.95. The summed E-state index contributed by atoms with van der Waals surface area (Å²) in [4.78, 5) is 2.38. The summed E-state index contributed by atoms with van der Waals surface area (Å²) >= 11 is 6.22. The molecular formula is C19H36ClN. The molecule has 0 amide bonds. The topological polar surface area (TPSA) is 3.24 Å². The standard InChI is InChI=1S/C19H36ClN/c1-7-21(8-2)16-14-18(4)12-9-11-17(3)13-10-15-19(5,6)20/h9,12,14,17H,7-8,10-11,13,15-16H2,1-6H3. The number of alkyl halides is 1. The van der Waals surface area contributed by atoms with Crippen molar-refractivity contribution in [1.29, 1.82) is 0 Å². The zero-order valence-corrected chi connectivity index (χ0v) is 15.8. The molecule has 0 aliphatic rings. The van der Waals surface area contributed by atoms with Crippen molar-refractivity contribution in [2.24, 2.45) is 5.92 Å². The average Bonchev–Trinajstić information content (AvgIpc) is 2.38. The summed E-state index contributed by atoms with van der Waals surface area (Å²) in [5, 5.41) is 0. The van der Waals surface area contributed by atoms with Gasteiger partial charge in [-0.2, -0.15) is 0 Å². The number of hydrogen-bond acceptors (Lipinski definition) is 1. The maximum atomic E-state index is 6.22. The van der Waals surface area contributed by atoms with Crippen molar-refractivity contribution in [2.45, 2.75) is 72.1 Å². The Labute approximate surface area is 138 Å². The van der Waals surface area contributed by atoms with Crippen LogP contribution in [0, 0.1) is 5.92 Å². The first-order valence-electron chi connectivity index (χ1n) is 8.53. The summed E-state index contributed by atoms with van der Waals surface area (Å²) in [5.41, 5.74) is 1.37. The highest BCUT2D eigenvalue weighted by atomic mass is 35.5. The first-order valence-corrected chi connectivity index (χ1v) is 8.90. The van der Waals surface area contributed by atoms with E-state index < -0.39 is 0 Å². The second kappa shape index (κ2) is 11.3. The Morgan fingerprint density at radius 2 is 1.86 bits per heavy atom. The molecule has 0 heterocycles. The van der Waals surface area contributed by atoms with Crippen LogP contribution in [0.3, 0.4) is 0 Å². The molecule has 1 unspecified atom stereocenters. The van der Waals surface area contributed by atoms with E-state index in [4.69, 9.17) is 11.6 Å². The maximum absolute atomic E-state index is 6.22. The Bertz CT molecular complexity index is 308. The van der Waals surface area contributed by atoms with E-state index >= 15 is 0 Å². The lowest BCUT2D eigenvalue weighted by atomic mass is 9.96. The highest BCUT2D eigenvalue weighted by molar-refractivity contribution is 6.23. The van der Waals surface area contributed by atoms with Crippen LogP contribution in [0.1, 0.15) is 67.2 Å². The molecule has 0 aromatic rings. The van der Waals surface area contributed by atoms with Gasteiger partial charge in [-0.3, -0.25) is 0 Å². The summed E-state index contributed by atoms with van der Waals surface area (Å²) in [5.74, 6) is 0.746. The Morgan fingerprint density at radius 1 is 1.24 bits per heavy atom. The van der Waals surface area contributed by atoms with Gasteiger partial charge in [0.15, 0.2) is 0 Å². The maximum Gasteiger partial charge on any atom is 0.0390 e. The fourth-order valence-corrected chi connectivity index (χ4v) is 2.43. The van der Waals surface area contributed by atoms with Crippen LogP contribution in [-0.2, 0) is 0 Å². The molecule has 0 radical (unpaired) electrons. The van der Waals surface area contributed by atoms with Crippen molar-refractivity contribution >= 4 is 11.6 Å². The van der Waals surface area contributed by atoms with Crippen LogP contribution in [0.4, 0.5) is 0 Å². The molecule has 0 bridgehead atoms. The monoisotopic (exact) mass is 313 g/mol. The minimum absolute atomic E-state index is 0.0423. The number of likely N-dealkylation sites (N-methyl/N-ethyl adjacent to an activating group) is 1. The van der Waals surface area contributed by atoms with Gasteiger partial charge < -0.3 is 4.90 Å². The van der Waals surface area contributed by atoms with Gasteiger partial charge in [-0.1, -0.05) is 57.4 Å². The van der Waals surface area contributed by atoms with E-state index in [0.29, 0.717) is 0 Å². The quantitative estimate of drug-likeness (QED) is 0.332. The molecule has 0 saturated carbocycles. The third kappa shape index (κ3) is 13.1. The second-order valence-electron chi connectivity index (χ2n) is 6.79. The van der Waals surface area contributed by atoms with Crippen LogP contribution in [0.5, 0.6) is 0 Å². The molecule has 0 rings (SSSR count). The fourth-order valence-electron chi connectivity index (χ4n) is 2.30. The van der Waals surface area contributed by atoms with Gasteiger partial charge in [0.1, 0.15) is 0 Å². The summed E-state index contributed by atoms with van der Waals surface area (Å²) in [6.45, 7) is 16.5. The van der Waals surface area contributed by atoms with E-state index in [1.165, 1.54) is 24.8 Å². The number of hydrogen-bond donors (Lipinski definition) is 0. The van der Waals surface area contributed by atoms with Gasteiger partial charge in [0, 0.05) is 11.4 Å². The fraction of sp³-hybridized carbons (Fsp3) is 0.789. The predicted octanol–water partition coefficient (Wildman–Crippen LogP) is 6.04. The lowest BCUT2D eigenvalue weighted by molar-refractivity contribution is 0.337. The smallest absolute Gasteiger partial charge is 0.0390 e. The molecule has 124 valence electrons. The normalized spacial score (nSPS) is 15.1. The van der Waals surface area contributed by atoms with Crippen LogP contribution in [0.2, 0.25) is 0 Å². The highest BCUT2D eigenvalue weighted by Crippen LogP contribution is 2.23. The molecule has 0 spiro atoms. The van der Waals surface area contributed by atoms with Gasteiger partial charge in [0.2, 0.25) is 0 Å². The van der Waals surface area contributed by atoms with Crippen LogP contribution in [-0.4, -0.2) is 29.4 Å². The Kier molecular flexibility index (Phi) is 11.2. The van der Waals surface area contributed by atoms with Crippen molar-refractivity contribution in [3.05, 3.63) is 23.8 Å². The van der Waals surface area contributed by atoms with Crippen molar-refractivity contribution in [3.8, 4) is 0 Å². The zero-order valence-electron chi connectivity index (χ0n) is 15.1. The summed E-state index contributed by atoms with van der Waals surface area (Å²) in [6.07, 6.45) is 11.7. The number of halogens is 1. The number of rotatable bonds is 11. The first kappa shape index (κ1) is 20.7. The molecule has 0 aliphatic heterocycles. The van der Waals surface area contributed by atoms with Crippen molar-refractivity contribution in [2.75, 3.05) is 19.6 Å². The minimum Gasteiger partial charge on any atom is -0.300 e. The summed E-state index contributed by atoms with van der Waals surface area (Å²) in [6, 6.07) is 0. The van der Waals surface area contributed by atoms with E-state index in [0.717, 1.165) is 32.0 Å². The van der Waals surface area contributed by atoms with Crippen LogP contribution in [0.25, 0.3) is 0 Å². The molecule has 1 atom stereocenters. The van der Waals surface area contributed by atoms with Gasteiger partial charge >= 0.3 is 0 Å². The van der Waals surface area contributed by atoms with Crippen LogP contribution >= 0.6 is 11.6 Å². The molecule has 0 saturated heterocycles. The van der Waals surface area contributed by atoms with Gasteiger partial charge in [0.05, 0.1) is 0 Å². The van der Waals surface area contributed by atoms with Crippen molar-refractivity contribution < 1.29 is 0 Å². The van der Waals surface area contributed by atoms with Gasteiger partial charge in [-0.25, -0.2) is 0 Å². The molecular weight excluding hydrogens is 278 g/mol. The first-order chi connectivity index (χ1) is 9.78. The predicted molar refractivity (Wildman–Crippen MR) is 98.2 cm³/mol. The summed E-state index contributed by atoms with van der Waals surface area (Å²) in [7, 11) is 0. The molecule has 21 heavy (non-hydrogen) atoms. The van der Waals surface area contributed by atoms with E-state index in [1.54, 1.807) is 0 Å². The minimum atomic E-state index is -0.0423. The van der Waals surface area contributed by atoms with E-state index in [2.05, 4.69) is 64.7 Å². The third-order valence-corrected chi connectivity index (χ3v) is 4.14. The highest BCUT2D eigenvalue weighted by Gasteiger charge is 2.12. The Morgan fingerprint density at radius 3 is 2.38 bits per heavy atom. The lowest BCUT2D eigenvalue weighted by Crippen LogP contribution is -2.22. The van der Waals surface area contributed by atoms with Gasteiger partial charge in [0.25, 0.3) is 0 Å². The van der Waals surface area contributed by atoms with Crippen molar-refractivity contribution in [3.63, 3.8) is 0 Å². The molecule has 0 N–H and O–H groups in total. The Hall–Kier alpha value is -0.270. The summed E-state index contributed by atoms with van der Waals surface area (Å²) < 4.78 is 0. The van der Waals surface area contributed by atoms with E-state index in [1.807, 2.05) is 0 Å². The molecule has 0 aliphatic carbocycles. The number of nitrogens with zero attached hydrogens (tertiary/aromatic N) is 1. The van der Waals surface area contributed by atoms with Crippen LogP contribution in [0.15, 0.2) is 23.8 Å². The average molecular weight is 314 g/mol. The number of allylic oxidation sites excluding steroid dienone is 3. The lowest BCUT2D eigenvalue weighted by Gasteiger charge is -2.16. The molecule has 0 aromatic heterocycles. The van der Waals surface area contributed by atoms with Gasteiger partial charge in [-0.15, -0.1) is 11.6 Å². The SMILES string of the molecule is CCN(CC)CC=C(C)C=CCC(C)CCCC(C)(C)Cl. The largest absolute Gasteiger partial charge is 0.300 e. The van der Waals surface area contributed by atoms with E-state index in [9.17, 15) is 0 Å². The molecule has 2 heteroatoms.